The fourth-order valence-corrected chi connectivity index (χ4v) is 1.25. The zero-order valence-electron chi connectivity index (χ0n) is 8.93. The molecule has 0 aliphatic heterocycles. The van der Waals surface area contributed by atoms with E-state index in [1.54, 1.807) is 0 Å². The van der Waals surface area contributed by atoms with Crippen molar-refractivity contribution < 1.29 is 14.7 Å². The lowest BCUT2D eigenvalue weighted by atomic mass is 10.0. The Hall–Kier alpha value is -1.88. The number of phenols is 1. The molecule has 0 saturated heterocycles. The van der Waals surface area contributed by atoms with Crippen molar-refractivity contribution in [1.29, 1.82) is 0 Å². The number of benzene rings is 1. The highest BCUT2D eigenvalue weighted by molar-refractivity contribution is 6.04. The van der Waals surface area contributed by atoms with Gasteiger partial charge in [-0.3, -0.25) is 9.59 Å². The average Bonchev–Trinajstić information content (AvgIpc) is 2.21. The van der Waals surface area contributed by atoms with Gasteiger partial charge in [0.1, 0.15) is 11.5 Å². The van der Waals surface area contributed by atoms with Gasteiger partial charge in [-0.25, -0.2) is 0 Å². The van der Waals surface area contributed by atoms with Crippen LogP contribution in [0.3, 0.4) is 0 Å². The van der Waals surface area contributed by atoms with Crippen molar-refractivity contribution in [2.45, 2.75) is 19.4 Å². The Balaban J connectivity index is 2.89. The highest BCUT2D eigenvalue weighted by Crippen LogP contribution is 2.24. The summed E-state index contributed by atoms with van der Waals surface area (Å²) >= 11 is 0. The number of ketones is 2. The van der Waals surface area contributed by atoms with Gasteiger partial charge in [-0.1, -0.05) is 6.07 Å². The number of para-hydroxylation sites is 1. The molecule has 0 amide bonds. The molecule has 0 spiro atoms. The van der Waals surface area contributed by atoms with E-state index in [1.165, 1.54) is 25.1 Å². The molecule has 1 aromatic carbocycles. The first-order valence-electron chi connectivity index (χ1n) is 4.80. The maximum absolute atomic E-state index is 11.7. The van der Waals surface area contributed by atoms with Gasteiger partial charge in [0, 0.05) is 12.0 Å². The summed E-state index contributed by atoms with van der Waals surface area (Å²) in [6, 6.07) is 3.56. The van der Waals surface area contributed by atoms with Crippen LogP contribution in [0.25, 0.3) is 0 Å². The summed E-state index contributed by atoms with van der Waals surface area (Å²) in [7, 11) is 0. The van der Waals surface area contributed by atoms with Crippen LogP contribution in [0.4, 0.5) is 5.69 Å². The fraction of sp³-hybridized carbons (Fsp3) is 0.273. The van der Waals surface area contributed by atoms with E-state index in [-0.39, 0.29) is 35.0 Å². The molecule has 0 fully saturated rings. The Kier molecular flexibility index (Phi) is 3.63. The smallest absolute Gasteiger partial charge is 0.167 e. The quantitative estimate of drug-likeness (QED) is 0.390. The van der Waals surface area contributed by atoms with Crippen LogP contribution >= 0.6 is 0 Å². The van der Waals surface area contributed by atoms with Gasteiger partial charge in [0.15, 0.2) is 5.78 Å². The second kappa shape index (κ2) is 4.76. The van der Waals surface area contributed by atoms with Crippen molar-refractivity contribution in [1.82, 2.24) is 0 Å². The number of Topliss-reactive ketones (excluding diaryl/α,β-unsaturated/α-hetero) is 2. The maximum Gasteiger partial charge on any atom is 0.167 e. The van der Waals surface area contributed by atoms with E-state index in [1.807, 2.05) is 0 Å². The molecule has 5 heteroatoms. The van der Waals surface area contributed by atoms with Crippen LogP contribution in [0, 0.1) is 0 Å². The monoisotopic (exact) mass is 222 g/mol. The van der Waals surface area contributed by atoms with Gasteiger partial charge in [0.2, 0.25) is 0 Å². The third kappa shape index (κ3) is 2.58. The molecule has 5 N–H and O–H groups in total. The average molecular weight is 222 g/mol. The van der Waals surface area contributed by atoms with Gasteiger partial charge in [-0.05, 0) is 19.1 Å². The predicted molar refractivity (Wildman–Crippen MR) is 60.1 cm³/mol. The molecule has 0 aliphatic carbocycles. The van der Waals surface area contributed by atoms with Gasteiger partial charge in [-0.2, -0.15) is 0 Å². The summed E-state index contributed by atoms with van der Waals surface area (Å²) in [5.41, 5.74) is 11.2. The molecule has 5 nitrogen and oxygen atoms in total. The van der Waals surface area contributed by atoms with Crippen LogP contribution in [0.15, 0.2) is 18.2 Å². The topological polar surface area (TPSA) is 106 Å². The lowest BCUT2D eigenvalue weighted by Gasteiger charge is -2.09. The van der Waals surface area contributed by atoms with E-state index in [0.29, 0.717) is 0 Å². The van der Waals surface area contributed by atoms with Crippen molar-refractivity contribution in [3.63, 3.8) is 0 Å². The third-order valence-electron chi connectivity index (χ3n) is 2.31. The van der Waals surface area contributed by atoms with E-state index in [2.05, 4.69) is 0 Å². The molecule has 0 bridgehead atoms. The molecule has 1 atom stereocenters. The number of carbonyl (C=O) groups is 2. The molecule has 16 heavy (non-hydrogen) atoms. The molecule has 1 unspecified atom stereocenters. The number of hydrogen-bond donors (Lipinski definition) is 3. The number of hydrogen-bond acceptors (Lipinski definition) is 5. The van der Waals surface area contributed by atoms with E-state index >= 15 is 0 Å². The van der Waals surface area contributed by atoms with Gasteiger partial charge >= 0.3 is 0 Å². The van der Waals surface area contributed by atoms with E-state index in [4.69, 9.17) is 11.5 Å². The zero-order valence-corrected chi connectivity index (χ0v) is 8.93. The molecule has 86 valence electrons. The van der Waals surface area contributed by atoms with Gasteiger partial charge in [0.05, 0.1) is 11.7 Å². The second-order valence-corrected chi connectivity index (χ2v) is 3.58. The second-order valence-electron chi connectivity index (χ2n) is 3.58. The van der Waals surface area contributed by atoms with E-state index in [0.717, 1.165) is 0 Å². The summed E-state index contributed by atoms with van der Waals surface area (Å²) in [6.45, 7) is 1.32. The minimum atomic E-state index is -0.825. The van der Waals surface area contributed by atoms with Crippen LogP contribution in [0.2, 0.25) is 0 Å². The number of phenolic OH excluding ortho intramolecular Hbond substituents is 1. The standard InChI is InChI=1S/C11H14N2O3/c1-6(14)8(12)5-10(16)7-3-2-4-9(15)11(7)13/h2-4,8,15H,5,12-13H2,1H3. The lowest BCUT2D eigenvalue weighted by molar-refractivity contribution is -0.118. The Bertz CT molecular complexity index is 429. The molecular formula is C11H14N2O3. The molecule has 1 rings (SSSR count). The lowest BCUT2D eigenvalue weighted by Crippen LogP contribution is -2.31. The maximum atomic E-state index is 11.7. The van der Waals surface area contributed by atoms with Crippen molar-refractivity contribution in [3.05, 3.63) is 23.8 Å². The summed E-state index contributed by atoms with van der Waals surface area (Å²) in [5, 5.41) is 9.32. The summed E-state index contributed by atoms with van der Waals surface area (Å²) in [5.74, 6) is -0.759. The van der Waals surface area contributed by atoms with Crippen LogP contribution in [0.1, 0.15) is 23.7 Å². The number of rotatable bonds is 4. The number of anilines is 1. The van der Waals surface area contributed by atoms with Crippen LogP contribution in [-0.2, 0) is 4.79 Å². The van der Waals surface area contributed by atoms with Crippen molar-refractivity contribution in [2.75, 3.05) is 5.73 Å². The third-order valence-corrected chi connectivity index (χ3v) is 2.31. The minimum Gasteiger partial charge on any atom is -0.506 e. The summed E-state index contributed by atoms with van der Waals surface area (Å²) < 4.78 is 0. The Morgan fingerprint density at radius 2 is 2.06 bits per heavy atom. The molecular weight excluding hydrogens is 208 g/mol. The Morgan fingerprint density at radius 3 is 2.62 bits per heavy atom. The summed E-state index contributed by atoms with van der Waals surface area (Å²) in [6.07, 6.45) is -0.108. The van der Waals surface area contributed by atoms with Crippen LogP contribution in [0.5, 0.6) is 5.75 Å². The zero-order chi connectivity index (χ0) is 12.3. The molecule has 0 aliphatic rings. The first-order chi connectivity index (χ1) is 7.43. The molecule has 0 heterocycles. The molecule has 0 aromatic heterocycles. The fourth-order valence-electron chi connectivity index (χ4n) is 1.25. The van der Waals surface area contributed by atoms with Crippen molar-refractivity contribution >= 4 is 17.3 Å². The predicted octanol–water partition coefficient (Wildman–Crippen LogP) is 0.463. The number of carbonyl (C=O) groups excluding carboxylic acids is 2. The molecule has 1 aromatic rings. The normalized spacial score (nSPS) is 12.1. The Labute approximate surface area is 93.1 Å². The van der Waals surface area contributed by atoms with E-state index in [9.17, 15) is 14.7 Å². The summed E-state index contributed by atoms with van der Waals surface area (Å²) in [4.78, 5) is 22.6. The Morgan fingerprint density at radius 1 is 1.44 bits per heavy atom. The van der Waals surface area contributed by atoms with Crippen LogP contribution < -0.4 is 11.5 Å². The number of nitrogens with two attached hydrogens (primary N) is 2. The first-order valence-corrected chi connectivity index (χ1v) is 4.80. The van der Waals surface area contributed by atoms with Crippen LogP contribution in [-0.4, -0.2) is 22.7 Å². The highest BCUT2D eigenvalue weighted by Gasteiger charge is 2.17. The van der Waals surface area contributed by atoms with Gasteiger partial charge < -0.3 is 16.6 Å². The SMILES string of the molecule is CC(=O)C(N)CC(=O)c1cccc(O)c1N. The molecule has 0 saturated carbocycles. The number of aromatic hydroxyl groups is 1. The molecule has 0 radical (unpaired) electrons. The minimum absolute atomic E-state index is 0.0169. The largest absolute Gasteiger partial charge is 0.506 e. The van der Waals surface area contributed by atoms with E-state index < -0.39 is 6.04 Å². The van der Waals surface area contributed by atoms with Crippen molar-refractivity contribution in [3.8, 4) is 5.75 Å². The van der Waals surface area contributed by atoms with Gasteiger partial charge in [0.25, 0.3) is 0 Å². The first kappa shape index (κ1) is 12.2. The van der Waals surface area contributed by atoms with Crippen molar-refractivity contribution in [2.24, 2.45) is 5.73 Å². The van der Waals surface area contributed by atoms with Gasteiger partial charge in [-0.15, -0.1) is 0 Å². The highest BCUT2D eigenvalue weighted by atomic mass is 16.3. The number of nitrogen functional groups attached to an aromatic ring is 1.